The molecule has 2 heterocycles. The highest BCUT2D eigenvalue weighted by Crippen LogP contribution is 2.49. The summed E-state index contributed by atoms with van der Waals surface area (Å²) in [6, 6.07) is 10.3. The van der Waals surface area contributed by atoms with Gasteiger partial charge in [0.05, 0.1) is 17.6 Å². The van der Waals surface area contributed by atoms with Crippen molar-refractivity contribution < 1.29 is 27.8 Å². The average molecular weight is 477 g/mol. The molecule has 1 aromatic heterocycles. The molecule has 34 heavy (non-hydrogen) atoms. The van der Waals surface area contributed by atoms with Crippen molar-refractivity contribution in [3.05, 3.63) is 48.2 Å². The van der Waals surface area contributed by atoms with Crippen LogP contribution in [0.2, 0.25) is 0 Å². The normalized spacial score (nSPS) is 19.6. The quantitative estimate of drug-likeness (QED) is 0.527. The largest absolute Gasteiger partial charge is 0.478 e. The lowest BCUT2D eigenvalue weighted by molar-refractivity contribution is -0.240. The number of halogens is 3. The second kappa shape index (κ2) is 10.3. The Bertz CT molecular complexity index is 964. The molecule has 0 radical (unpaired) electrons. The fourth-order valence-electron chi connectivity index (χ4n) is 5.17. The van der Waals surface area contributed by atoms with Crippen molar-refractivity contribution in [2.24, 2.45) is 11.3 Å². The van der Waals surface area contributed by atoms with Crippen LogP contribution in [0.3, 0.4) is 0 Å². The van der Waals surface area contributed by atoms with E-state index in [4.69, 9.17) is 9.84 Å². The van der Waals surface area contributed by atoms with Crippen molar-refractivity contribution in [2.75, 3.05) is 26.2 Å². The second-order valence-electron chi connectivity index (χ2n) is 9.64. The SMILES string of the molecule is O=C(O)c1cccc(-c2ccc(OCC3CCN(CC4(C(F)(F)F)CCCCC4)CC3)nc2)c1. The van der Waals surface area contributed by atoms with Crippen molar-refractivity contribution in [2.45, 2.75) is 51.1 Å². The van der Waals surface area contributed by atoms with Gasteiger partial charge in [-0.3, -0.25) is 0 Å². The summed E-state index contributed by atoms with van der Waals surface area (Å²) < 4.78 is 47.4. The number of benzene rings is 1. The lowest BCUT2D eigenvalue weighted by Crippen LogP contribution is -2.50. The van der Waals surface area contributed by atoms with Crippen LogP contribution in [-0.2, 0) is 0 Å². The van der Waals surface area contributed by atoms with Crippen molar-refractivity contribution >= 4 is 5.97 Å². The number of nitrogens with zero attached hydrogens (tertiary/aromatic N) is 2. The van der Waals surface area contributed by atoms with E-state index >= 15 is 0 Å². The molecule has 0 atom stereocenters. The maximum Gasteiger partial charge on any atom is 0.395 e. The fourth-order valence-corrected chi connectivity index (χ4v) is 5.17. The maximum absolute atomic E-state index is 13.8. The predicted octanol–water partition coefficient (Wildman–Crippen LogP) is 6.05. The van der Waals surface area contributed by atoms with Crippen LogP contribution in [0.4, 0.5) is 13.2 Å². The highest BCUT2D eigenvalue weighted by atomic mass is 19.4. The third kappa shape index (κ3) is 5.71. The van der Waals surface area contributed by atoms with Gasteiger partial charge in [0.1, 0.15) is 0 Å². The number of piperidine rings is 1. The summed E-state index contributed by atoms with van der Waals surface area (Å²) in [6.45, 7) is 1.94. The predicted molar refractivity (Wildman–Crippen MR) is 123 cm³/mol. The third-order valence-electron chi connectivity index (χ3n) is 7.29. The van der Waals surface area contributed by atoms with E-state index in [9.17, 15) is 18.0 Å². The fraction of sp³-hybridized carbons (Fsp3) is 0.538. The van der Waals surface area contributed by atoms with Crippen molar-refractivity contribution in [3.8, 4) is 17.0 Å². The lowest BCUT2D eigenvalue weighted by atomic mass is 9.72. The van der Waals surface area contributed by atoms with Gasteiger partial charge in [0.15, 0.2) is 0 Å². The molecule has 0 bridgehead atoms. The minimum Gasteiger partial charge on any atom is -0.478 e. The zero-order valence-electron chi connectivity index (χ0n) is 19.2. The third-order valence-corrected chi connectivity index (χ3v) is 7.29. The van der Waals surface area contributed by atoms with E-state index in [1.807, 2.05) is 17.0 Å². The van der Waals surface area contributed by atoms with E-state index in [1.165, 1.54) is 0 Å². The Labute approximate surface area is 197 Å². The number of hydrogen-bond donors (Lipinski definition) is 1. The number of carbonyl (C=O) groups is 1. The number of carboxylic acid groups (broad SMARTS) is 1. The van der Waals surface area contributed by atoms with Gasteiger partial charge >= 0.3 is 12.1 Å². The lowest BCUT2D eigenvalue weighted by Gasteiger charge is -2.44. The highest BCUT2D eigenvalue weighted by molar-refractivity contribution is 5.89. The van der Waals surface area contributed by atoms with Gasteiger partial charge in [-0.25, -0.2) is 9.78 Å². The highest BCUT2D eigenvalue weighted by Gasteiger charge is 2.55. The van der Waals surface area contributed by atoms with E-state index in [0.29, 0.717) is 38.4 Å². The van der Waals surface area contributed by atoms with Gasteiger partial charge in [-0.2, -0.15) is 13.2 Å². The van der Waals surface area contributed by atoms with Crippen LogP contribution < -0.4 is 4.74 Å². The molecule has 1 saturated carbocycles. The summed E-state index contributed by atoms with van der Waals surface area (Å²) >= 11 is 0. The number of alkyl halides is 3. The molecule has 1 saturated heterocycles. The molecule has 1 aliphatic heterocycles. The topological polar surface area (TPSA) is 62.7 Å². The van der Waals surface area contributed by atoms with Gasteiger partial charge in [0.25, 0.3) is 0 Å². The Morgan fingerprint density at radius 1 is 1.09 bits per heavy atom. The molecule has 2 aliphatic rings. The first-order chi connectivity index (χ1) is 16.3. The number of pyridine rings is 1. The molecular weight excluding hydrogens is 445 g/mol. The van der Waals surface area contributed by atoms with Gasteiger partial charge in [-0.15, -0.1) is 0 Å². The van der Waals surface area contributed by atoms with Gasteiger partial charge in [0.2, 0.25) is 5.88 Å². The molecule has 1 aliphatic carbocycles. The molecule has 5 nitrogen and oxygen atoms in total. The zero-order valence-corrected chi connectivity index (χ0v) is 19.2. The minimum atomic E-state index is -4.14. The van der Waals surface area contributed by atoms with E-state index in [-0.39, 0.29) is 30.9 Å². The van der Waals surface area contributed by atoms with Gasteiger partial charge in [-0.1, -0.05) is 31.4 Å². The summed E-state index contributed by atoms with van der Waals surface area (Å²) in [4.78, 5) is 17.5. The van der Waals surface area contributed by atoms with Gasteiger partial charge in [-0.05, 0) is 68.5 Å². The molecule has 184 valence electrons. The molecule has 0 spiro atoms. The van der Waals surface area contributed by atoms with Crippen LogP contribution in [0.5, 0.6) is 5.88 Å². The van der Waals surface area contributed by atoms with E-state index < -0.39 is 17.6 Å². The average Bonchev–Trinajstić information content (AvgIpc) is 2.84. The van der Waals surface area contributed by atoms with E-state index in [0.717, 1.165) is 30.4 Å². The molecule has 2 aromatic rings. The molecule has 0 unspecified atom stereocenters. The molecule has 4 rings (SSSR count). The molecule has 1 aromatic carbocycles. The van der Waals surface area contributed by atoms with E-state index in [1.54, 1.807) is 30.5 Å². The number of aromatic carboxylic acids is 1. The molecule has 8 heteroatoms. The number of hydrogen-bond acceptors (Lipinski definition) is 4. The maximum atomic E-state index is 13.8. The van der Waals surface area contributed by atoms with Crippen molar-refractivity contribution in [1.29, 1.82) is 0 Å². The van der Waals surface area contributed by atoms with Crippen LogP contribution >= 0.6 is 0 Å². The van der Waals surface area contributed by atoms with Crippen LogP contribution in [0.1, 0.15) is 55.3 Å². The summed E-state index contributed by atoms with van der Waals surface area (Å²) in [5.41, 5.74) is 0.240. The van der Waals surface area contributed by atoms with E-state index in [2.05, 4.69) is 4.98 Å². The van der Waals surface area contributed by atoms with Gasteiger partial charge in [0, 0.05) is 24.4 Å². The number of likely N-dealkylation sites (tertiary alicyclic amines) is 1. The Hall–Kier alpha value is -2.61. The summed E-state index contributed by atoms with van der Waals surface area (Å²) in [5, 5.41) is 9.15. The van der Waals surface area contributed by atoms with Crippen LogP contribution in [0.25, 0.3) is 11.1 Å². The summed E-state index contributed by atoms with van der Waals surface area (Å²) in [6.07, 6.45) is 1.88. The molecule has 2 fully saturated rings. The zero-order chi connectivity index (χ0) is 24.2. The molecular formula is C26H31F3N2O3. The molecule has 1 N–H and O–H groups in total. The molecule has 0 amide bonds. The first-order valence-electron chi connectivity index (χ1n) is 12.0. The van der Waals surface area contributed by atoms with Crippen LogP contribution in [0.15, 0.2) is 42.6 Å². The minimum absolute atomic E-state index is 0.121. The van der Waals surface area contributed by atoms with Crippen LogP contribution in [0, 0.1) is 11.3 Å². The Kier molecular flexibility index (Phi) is 7.45. The Morgan fingerprint density at radius 3 is 2.44 bits per heavy atom. The second-order valence-corrected chi connectivity index (χ2v) is 9.64. The first kappa shape index (κ1) is 24.5. The Balaban J connectivity index is 1.26. The first-order valence-corrected chi connectivity index (χ1v) is 12.0. The number of ether oxygens (including phenoxy) is 1. The van der Waals surface area contributed by atoms with Crippen molar-refractivity contribution in [3.63, 3.8) is 0 Å². The summed E-state index contributed by atoms with van der Waals surface area (Å²) in [7, 11) is 0. The Morgan fingerprint density at radius 2 is 1.82 bits per heavy atom. The number of rotatable bonds is 7. The number of carboxylic acids is 1. The van der Waals surface area contributed by atoms with Crippen LogP contribution in [-0.4, -0.2) is 53.4 Å². The summed E-state index contributed by atoms with van der Waals surface area (Å²) in [5.74, 6) is -0.204. The monoisotopic (exact) mass is 476 g/mol. The standard InChI is InChI=1S/C26H31F3N2O3/c27-26(28,29)25(11-2-1-3-12-25)18-31-13-9-19(10-14-31)17-34-23-8-7-22(16-30-23)20-5-4-6-21(15-20)24(32)33/h4-8,15-16,19H,1-3,9-14,17-18H2,(H,32,33). The van der Waals surface area contributed by atoms with Gasteiger partial charge < -0.3 is 14.7 Å². The number of aromatic nitrogens is 1. The van der Waals surface area contributed by atoms with Crippen molar-refractivity contribution in [1.82, 2.24) is 9.88 Å². The smallest absolute Gasteiger partial charge is 0.395 e.